The van der Waals surface area contributed by atoms with Gasteiger partial charge < -0.3 is 10.2 Å². The fourth-order valence-corrected chi connectivity index (χ4v) is 7.92. The molecule has 7 nitrogen and oxygen atoms in total. The normalized spacial score (nSPS) is 18.4. The second-order valence-corrected chi connectivity index (χ2v) is 13.0. The summed E-state index contributed by atoms with van der Waals surface area (Å²) in [5, 5.41) is 7.71. The van der Waals surface area contributed by atoms with E-state index in [-0.39, 0.29) is 17.6 Å². The summed E-state index contributed by atoms with van der Waals surface area (Å²) >= 11 is 1.49. The molecule has 43 heavy (non-hydrogen) atoms. The number of amides is 2. The van der Waals surface area contributed by atoms with Crippen LogP contribution in [0.4, 0.5) is 9.39 Å². The van der Waals surface area contributed by atoms with Crippen molar-refractivity contribution in [1.82, 2.24) is 15.2 Å². The highest BCUT2D eigenvalue weighted by atomic mass is 32.1. The molecule has 0 radical (unpaired) electrons. The lowest BCUT2D eigenvalue weighted by atomic mass is 9.95. The van der Waals surface area contributed by atoms with E-state index < -0.39 is 0 Å². The number of thiophene rings is 1. The van der Waals surface area contributed by atoms with E-state index in [0.29, 0.717) is 27.7 Å². The van der Waals surface area contributed by atoms with Crippen molar-refractivity contribution < 1.29 is 14.0 Å². The summed E-state index contributed by atoms with van der Waals surface area (Å²) < 4.78 is 13.2. The van der Waals surface area contributed by atoms with Crippen LogP contribution >= 0.6 is 11.3 Å². The number of aryl methyl sites for hydroxylation is 1. The second kappa shape index (κ2) is 13.9. The van der Waals surface area contributed by atoms with Gasteiger partial charge >= 0.3 is 0 Å². The summed E-state index contributed by atoms with van der Waals surface area (Å²) in [7, 11) is 0. The first-order valence-electron chi connectivity index (χ1n) is 15.6. The maximum absolute atomic E-state index is 13.5. The van der Waals surface area contributed by atoms with Gasteiger partial charge in [-0.15, -0.1) is 11.3 Å². The number of hydrazone groups is 1. The Morgan fingerprint density at radius 1 is 0.930 bits per heavy atom. The third-order valence-electron chi connectivity index (χ3n) is 8.93. The van der Waals surface area contributed by atoms with E-state index in [1.54, 1.807) is 12.1 Å². The molecular formula is C34H40FN5O2S. The van der Waals surface area contributed by atoms with Gasteiger partial charge in [-0.3, -0.25) is 14.5 Å². The number of likely N-dealkylation sites (tertiary alicyclic amines) is 2. The molecule has 0 spiro atoms. The Balaban J connectivity index is 1.10. The molecule has 0 unspecified atom stereocenters. The molecule has 2 aromatic carbocycles. The number of carbonyl (C=O) groups is 2. The summed E-state index contributed by atoms with van der Waals surface area (Å²) in [5.74, 6) is -0.896. The lowest BCUT2D eigenvalue weighted by Crippen LogP contribution is -2.46. The minimum Gasteiger partial charge on any atom is -0.313 e. The standard InChI is InChI=1S/C34H40FN5O2S/c35-27-13-11-24(12-14-27)22-36-38-33(42)31-29-9-2-3-10-30(29)43-34(31)37-32(41)26-8-6-7-25(21-26)23-39-19-15-28(16-20-39)40-17-4-1-5-18-40/h6-8,11-14,21-22,28H,1-5,9-10,15-20,23H2,(H,37,41)(H,38,42)/b36-22+. The Morgan fingerprint density at radius 3 is 2.49 bits per heavy atom. The summed E-state index contributed by atoms with van der Waals surface area (Å²) in [4.78, 5) is 33.1. The molecule has 2 fully saturated rings. The van der Waals surface area contributed by atoms with Crippen LogP contribution in [-0.2, 0) is 19.4 Å². The highest BCUT2D eigenvalue weighted by Crippen LogP contribution is 2.38. The minimum atomic E-state index is -0.352. The van der Waals surface area contributed by atoms with Crippen molar-refractivity contribution in [1.29, 1.82) is 0 Å². The van der Waals surface area contributed by atoms with E-state index in [1.165, 1.54) is 74.9 Å². The zero-order valence-electron chi connectivity index (χ0n) is 24.6. The smallest absolute Gasteiger partial charge is 0.274 e. The molecule has 2 N–H and O–H groups in total. The Morgan fingerprint density at radius 2 is 1.70 bits per heavy atom. The molecule has 0 saturated carbocycles. The molecule has 2 amide bonds. The fraction of sp³-hybridized carbons (Fsp3) is 0.441. The lowest BCUT2D eigenvalue weighted by molar-refractivity contribution is 0.0896. The molecule has 2 saturated heterocycles. The van der Waals surface area contributed by atoms with E-state index >= 15 is 0 Å². The van der Waals surface area contributed by atoms with E-state index in [0.717, 1.165) is 61.3 Å². The number of benzene rings is 2. The summed E-state index contributed by atoms with van der Waals surface area (Å²) in [6.45, 7) is 5.50. The fourth-order valence-electron chi connectivity index (χ4n) is 6.63. The second-order valence-electron chi connectivity index (χ2n) is 11.9. The van der Waals surface area contributed by atoms with Gasteiger partial charge in [0.15, 0.2) is 0 Å². The van der Waals surface area contributed by atoms with Crippen LogP contribution in [0, 0.1) is 5.82 Å². The molecule has 9 heteroatoms. The van der Waals surface area contributed by atoms with Crippen LogP contribution in [0.1, 0.15) is 87.2 Å². The number of hydrogen-bond acceptors (Lipinski definition) is 6. The predicted octanol–water partition coefficient (Wildman–Crippen LogP) is 6.23. The molecule has 0 atom stereocenters. The van der Waals surface area contributed by atoms with Crippen molar-refractivity contribution in [2.75, 3.05) is 31.5 Å². The Kier molecular flexibility index (Phi) is 9.61. The number of carbonyl (C=O) groups excluding carboxylic acids is 2. The molecule has 6 rings (SSSR count). The monoisotopic (exact) mass is 601 g/mol. The average molecular weight is 602 g/mol. The van der Waals surface area contributed by atoms with Gasteiger partial charge in [0, 0.05) is 23.0 Å². The summed E-state index contributed by atoms with van der Waals surface area (Å²) in [6, 6.07) is 14.4. The summed E-state index contributed by atoms with van der Waals surface area (Å²) in [6.07, 6.45) is 11.7. The van der Waals surface area contributed by atoms with E-state index in [1.807, 2.05) is 18.2 Å². The van der Waals surface area contributed by atoms with E-state index in [9.17, 15) is 14.0 Å². The van der Waals surface area contributed by atoms with E-state index in [2.05, 4.69) is 31.7 Å². The zero-order valence-corrected chi connectivity index (χ0v) is 25.4. The third kappa shape index (κ3) is 7.40. The van der Waals surface area contributed by atoms with Crippen LogP contribution in [0.15, 0.2) is 53.6 Å². The van der Waals surface area contributed by atoms with Crippen LogP contribution in [-0.4, -0.2) is 60.0 Å². The van der Waals surface area contributed by atoms with Gasteiger partial charge in [0.1, 0.15) is 10.8 Å². The Bertz CT molecular complexity index is 1460. The van der Waals surface area contributed by atoms with Crippen molar-refractivity contribution in [3.8, 4) is 0 Å². The van der Waals surface area contributed by atoms with Crippen molar-refractivity contribution in [2.45, 2.75) is 70.4 Å². The quantitative estimate of drug-likeness (QED) is 0.237. The molecule has 1 aromatic heterocycles. The molecule has 3 aromatic rings. The van der Waals surface area contributed by atoms with Crippen molar-refractivity contribution in [2.24, 2.45) is 5.10 Å². The van der Waals surface area contributed by atoms with Gasteiger partial charge in [-0.2, -0.15) is 5.10 Å². The Labute approximate surface area is 257 Å². The van der Waals surface area contributed by atoms with Crippen LogP contribution in [0.5, 0.6) is 0 Å². The predicted molar refractivity (Wildman–Crippen MR) is 171 cm³/mol. The van der Waals surface area contributed by atoms with E-state index in [4.69, 9.17) is 0 Å². The van der Waals surface area contributed by atoms with Crippen LogP contribution < -0.4 is 10.7 Å². The number of nitrogens with one attached hydrogen (secondary N) is 2. The number of rotatable bonds is 8. The zero-order chi connectivity index (χ0) is 29.6. The van der Waals surface area contributed by atoms with Crippen LogP contribution in [0.2, 0.25) is 0 Å². The van der Waals surface area contributed by atoms with Gasteiger partial charge in [-0.1, -0.05) is 30.7 Å². The van der Waals surface area contributed by atoms with Gasteiger partial charge in [0.05, 0.1) is 11.8 Å². The molecule has 0 bridgehead atoms. The van der Waals surface area contributed by atoms with Gasteiger partial charge in [-0.25, -0.2) is 9.82 Å². The van der Waals surface area contributed by atoms with Crippen LogP contribution in [0.25, 0.3) is 0 Å². The Hall–Kier alpha value is -3.40. The number of halogens is 1. The van der Waals surface area contributed by atoms with Gasteiger partial charge in [0.2, 0.25) is 0 Å². The topological polar surface area (TPSA) is 77.0 Å². The van der Waals surface area contributed by atoms with Crippen molar-refractivity contribution >= 4 is 34.4 Å². The first-order chi connectivity index (χ1) is 21.0. The molecule has 3 aliphatic rings. The maximum Gasteiger partial charge on any atom is 0.274 e. The molecule has 2 aliphatic heterocycles. The first kappa shape index (κ1) is 29.7. The maximum atomic E-state index is 13.5. The van der Waals surface area contributed by atoms with Gasteiger partial charge in [0.25, 0.3) is 11.8 Å². The SMILES string of the molecule is O=C(Nc1sc2c(c1C(=O)N/N=C/c1ccc(F)cc1)CCCC2)c1cccc(CN2CCC(N3CCCCC3)CC2)c1. The van der Waals surface area contributed by atoms with Crippen LogP contribution in [0.3, 0.4) is 0 Å². The third-order valence-corrected chi connectivity index (χ3v) is 10.1. The highest BCUT2D eigenvalue weighted by molar-refractivity contribution is 7.17. The number of fused-ring (bicyclic) bond motifs is 1. The number of hydrogen-bond donors (Lipinski definition) is 2. The number of anilines is 1. The molecule has 226 valence electrons. The molecule has 3 heterocycles. The van der Waals surface area contributed by atoms with Crippen molar-refractivity contribution in [3.05, 3.63) is 87.0 Å². The summed E-state index contributed by atoms with van der Waals surface area (Å²) in [5.41, 5.74) is 6.51. The highest BCUT2D eigenvalue weighted by Gasteiger charge is 2.28. The first-order valence-corrected chi connectivity index (χ1v) is 16.5. The number of piperidine rings is 2. The van der Waals surface area contributed by atoms with Gasteiger partial charge in [-0.05, 0) is 119 Å². The lowest BCUT2D eigenvalue weighted by Gasteiger charge is -2.40. The molecule has 1 aliphatic carbocycles. The number of nitrogens with zero attached hydrogens (tertiary/aromatic N) is 3. The average Bonchev–Trinajstić information content (AvgIpc) is 3.41. The molecular weight excluding hydrogens is 561 g/mol. The largest absolute Gasteiger partial charge is 0.313 e. The minimum absolute atomic E-state index is 0.215. The van der Waals surface area contributed by atoms with Crippen molar-refractivity contribution in [3.63, 3.8) is 0 Å².